The van der Waals surface area contributed by atoms with Crippen LogP contribution in [-0.2, 0) is 14.3 Å². The number of rotatable bonds is 6. The van der Waals surface area contributed by atoms with E-state index in [4.69, 9.17) is 16.3 Å². The van der Waals surface area contributed by atoms with E-state index in [1.807, 2.05) is 5.32 Å². The number of alkyl halides is 2. The Bertz CT molecular complexity index is 513. The second-order valence-electron chi connectivity index (χ2n) is 3.83. The number of methoxy groups -OCH3 is 1. The normalized spacial score (nSPS) is 12.8. The van der Waals surface area contributed by atoms with Gasteiger partial charge in [0.2, 0.25) is 0 Å². The van der Waals surface area contributed by atoms with E-state index in [-0.39, 0.29) is 11.8 Å². The molecule has 0 aliphatic heterocycles. The van der Waals surface area contributed by atoms with Gasteiger partial charge in [0.1, 0.15) is 5.15 Å². The molecule has 0 saturated carbocycles. The zero-order valence-electron chi connectivity index (χ0n) is 10.4. The number of aromatic nitrogens is 1. The monoisotopic (exact) mass is 307 g/mol. The fourth-order valence-electron chi connectivity index (χ4n) is 1.38. The van der Waals surface area contributed by atoms with Crippen LogP contribution in [-0.4, -0.2) is 36.4 Å². The minimum absolute atomic E-state index is 0.0963. The van der Waals surface area contributed by atoms with Crippen LogP contribution in [0.2, 0.25) is 5.15 Å². The molecule has 0 aliphatic carbocycles. The number of primary amides is 1. The van der Waals surface area contributed by atoms with E-state index in [1.165, 1.54) is 25.4 Å². The molecule has 0 fully saturated rings. The van der Waals surface area contributed by atoms with Crippen molar-refractivity contribution in [2.24, 2.45) is 5.73 Å². The number of nitrogens with zero attached hydrogens (tertiary/aromatic N) is 1. The van der Waals surface area contributed by atoms with E-state index in [9.17, 15) is 18.4 Å². The molecule has 6 nitrogen and oxygen atoms in total. The maximum absolute atomic E-state index is 13.2. The summed E-state index contributed by atoms with van der Waals surface area (Å²) in [4.78, 5) is 25.7. The van der Waals surface area contributed by atoms with Gasteiger partial charge in [0.05, 0.1) is 12.6 Å². The van der Waals surface area contributed by atoms with Crippen molar-refractivity contribution in [1.29, 1.82) is 0 Å². The summed E-state index contributed by atoms with van der Waals surface area (Å²) in [5.74, 6) is -8.14. The summed E-state index contributed by atoms with van der Waals surface area (Å²) in [6, 6.07) is 1.94. The number of nitrogens with one attached hydrogen (secondary N) is 1. The van der Waals surface area contributed by atoms with Crippen molar-refractivity contribution < 1.29 is 23.1 Å². The molecule has 1 heterocycles. The van der Waals surface area contributed by atoms with Crippen LogP contribution in [0.3, 0.4) is 0 Å². The summed E-state index contributed by atoms with van der Waals surface area (Å²) >= 11 is 5.68. The molecule has 1 atom stereocenters. The van der Waals surface area contributed by atoms with Gasteiger partial charge in [-0.05, 0) is 17.7 Å². The molecule has 0 bridgehead atoms. The Morgan fingerprint density at radius 3 is 2.75 bits per heavy atom. The predicted octanol–water partition coefficient (Wildman–Crippen LogP) is 0.659. The Morgan fingerprint density at radius 2 is 2.25 bits per heavy atom. The lowest BCUT2D eigenvalue weighted by Gasteiger charge is -2.21. The van der Waals surface area contributed by atoms with E-state index < -0.39 is 23.8 Å². The standard InChI is InChI=1S/C11H12ClF2N3O3/c1-20-5-7(6-2-3-16-8(12)4-6)17-10(19)11(13,14)9(15)18/h2-4,7H,5H2,1H3,(H2,15,18)(H,17,19). The first-order valence-electron chi connectivity index (χ1n) is 5.38. The number of halogens is 3. The molecule has 0 saturated heterocycles. The number of hydrogen-bond acceptors (Lipinski definition) is 4. The van der Waals surface area contributed by atoms with Crippen molar-refractivity contribution in [2.45, 2.75) is 12.0 Å². The number of hydrogen-bond donors (Lipinski definition) is 2. The van der Waals surface area contributed by atoms with Gasteiger partial charge in [0.15, 0.2) is 0 Å². The number of amides is 2. The molecular formula is C11H12ClF2N3O3. The molecule has 9 heteroatoms. The van der Waals surface area contributed by atoms with E-state index in [0.29, 0.717) is 5.56 Å². The average molecular weight is 308 g/mol. The summed E-state index contributed by atoms with van der Waals surface area (Å²) in [6.07, 6.45) is 1.35. The lowest BCUT2D eigenvalue weighted by atomic mass is 10.1. The molecule has 3 N–H and O–H groups in total. The molecule has 1 aromatic heterocycles. The van der Waals surface area contributed by atoms with Gasteiger partial charge in [-0.1, -0.05) is 11.6 Å². The highest BCUT2D eigenvalue weighted by atomic mass is 35.5. The van der Waals surface area contributed by atoms with Crippen LogP contribution in [0.5, 0.6) is 0 Å². The smallest absolute Gasteiger partial charge is 0.382 e. The second kappa shape index (κ2) is 6.58. The minimum Gasteiger partial charge on any atom is -0.382 e. The number of carbonyl (C=O) groups excluding carboxylic acids is 2. The van der Waals surface area contributed by atoms with Crippen LogP contribution in [0.1, 0.15) is 11.6 Å². The first-order chi connectivity index (χ1) is 9.28. The fraction of sp³-hybridized carbons (Fsp3) is 0.364. The highest BCUT2D eigenvalue weighted by molar-refractivity contribution is 6.29. The molecule has 0 aliphatic rings. The fourth-order valence-corrected chi connectivity index (χ4v) is 1.57. The zero-order valence-corrected chi connectivity index (χ0v) is 11.2. The number of pyridine rings is 1. The quantitative estimate of drug-likeness (QED) is 0.596. The minimum atomic E-state index is -4.30. The number of nitrogens with two attached hydrogens (primary N) is 1. The van der Waals surface area contributed by atoms with Crippen molar-refractivity contribution in [2.75, 3.05) is 13.7 Å². The summed E-state index contributed by atoms with van der Waals surface area (Å²) in [5.41, 5.74) is 4.87. The molecule has 0 radical (unpaired) electrons. The Balaban J connectivity index is 2.94. The molecule has 1 aromatic rings. The van der Waals surface area contributed by atoms with Gasteiger partial charge in [-0.2, -0.15) is 8.78 Å². The molecular weight excluding hydrogens is 296 g/mol. The van der Waals surface area contributed by atoms with Crippen LogP contribution in [0.25, 0.3) is 0 Å². The van der Waals surface area contributed by atoms with Gasteiger partial charge in [-0.3, -0.25) is 9.59 Å². The lowest BCUT2D eigenvalue weighted by molar-refractivity contribution is -0.158. The third kappa shape index (κ3) is 3.84. The van der Waals surface area contributed by atoms with Crippen molar-refractivity contribution in [3.05, 3.63) is 29.0 Å². The maximum atomic E-state index is 13.2. The Hall–Kier alpha value is -1.80. The van der Waals surface area contributed by atoms with Crippen molar-refractivity contribution in [3.63, 3.8) is 0 Å². The molecule has 1 unspecified atom stereocenters. The molecule has 0 aromatic carbocycles. The summed E-state index contributed by atoms with van der Waals surface area (Å²) in [7, 11) is 1.33. The van der Waals surface area contributed by atoms with Crippen LogP contribution in [0.15, 0.2) is 18.3 Å². The van der Waals surface area contributed by atoms with Gasteiger partial charge in [-0.15, -0.1) is 0 Å². The van der Waals surface area contributed by atoms with Gasteiger partial charge in [0, 0.05) is 13.3 Å². The SMILES string of the molecule is COCC(NC(=O)C(F)(F)C(N)=O)c1ccnc(Cl)c1. The topological polar surface area (TPSA) is 94.3 Å². The Morgan fingerprint density at radius 1 is 1.60 bits per heavy atom. The largest absolute Gasteiger partial charge is 0.400 e. The zero-order chi connectivity index (χ0) is 15.3. The van der Waals surface area contributed by atoms with E-state index >= 15 is 0 Å². The van der Waals surface area contributed by atoms with Crippen LogP contribution >= 0.6 is 11.6 Å². The molecule has 20 heavy (non-hydrogen) atoms. The van der Waals surface area contributed by atoms with Crippen LogP contribution in [0, 0.1) is 0 Å². The van der Waals surface area contributed by atoms with E-state index in [2.05, 4.69) is 10.7 Å². The molecule has 0 spiro atoms. The van der Waals surface area contributed by atoms with Gasteiger partial charge in [0.25, 0.3) is 5.91 Å². The summed E-state index contributed by atoms with van der Waals surface area (Å²) in [5, 5.41) is 2.11. The average Bonchev–Trinajstić information content (AvgIpc) is 2.37. The maximum Gasteiger partial charge on any atom is 0.400 e. The van der Waals surface area contributed by atoms with E-state index in [0.717, 1.165) is 0 Å². The highest BCUT2D eigenvalue weighted by Crippen LogP contribution is 2.19. The highest BCUT2D eigenvalue weighted by Gasteiger charge is 2.46. The third-order valence-electron chi connectivity index (χ3n) is 2.39. The second-order valence-corrected chi connectivity index (χ2v) is 4.22. The Kier molecular flexibility index (Phi) is 5.34. The van der Waals surface area contributed by atoms with Gasteiger partial charge < -0.3 is 15.8 Å². The lowest BCUT2D eigenvalue weighted by Crippen LogP contribution is -2.50. The first kappa shape index (κ1) is 16.3. The van der Waals surface area contributed by atoms with Crippen molar-refractivity contribution in [1.82, 2.24) is 10.3 Å². The summed E-state index contributed by atoms with van der Waals surface area (Å²) in [6.45, 7) is -0.0963. The molecule has 110 valence electrons. The van der Waals surface area contributed by atoms with Crippen molar-refractivity contribution in [3.8, 4) is 0 Å². The third-order valence-corrected chi connectivity index (χ3v) is 2.59. The number of ether oxygens (including phenoxy) is 1. The van der Waals surface area contributed by atoms with Crippen molar-refractivity contribution >= 4 is 23.4 Å². The number of carbonyl (C=O) groups is 2. The Labute approximate surface area is 118 Å². The van der Waals surface area contributed by atoms with Crippen LogP contribution in [0.4, 0.5) is 8.78 Å². The van der Waals surface area contributed by atoms with Gasteiger partial charge in [-0.25, -0.2) is 4.98 Å². The molecule has 1 rings (SSSR count). The molecule has 2 amide bonds. The van der Waals surface area contributed by atoms with Gasteiger partial charge >= 0.3 is 11.8 Å². The first-order valence-corrected chi connectivity index (χ1v) is 5.76. The van der Waals surface area contributed by atoms with Crippen LogP contribution < -0.4 is 11.1 Å². The summed E-state index contributed by atoms with van der Waals surface area (Å²) < 4.78 is 31.2. The van der Waals surface area contributed by atoms with E-state index in [1.54, 1.807) is 0 Å². The predicted molar refractivity (Wildman–Crippen MR) is 66.1 cm³/mol.